The van der Waals surface area contributed by atoms with E-state index in [2.05, 4.69) is 19.2 Å². The van der Waals surface area contributed by atoms with Gasteiger partial charge in [-0.1, -0.05) is 181 Å². The minimum Gasteiger partial charge on any atom is -0.394 e. The molecule has 1 saturated heterocycles. The van der Waals surface area contributed by atoms with Gasteiger partial charge < -0.3 is 45.4 Å². The number of unbranched alkanes of at least 4 members (excludes halogenated alkanes) is 25. The van der Waals surface area contributed by atoms with Crippen LogP contribution in [0.3, 0.4) is 0 Å². The van der Waals surface area contributed by atoms with Crippen molar-refractivity contribution in [1.29, 1.82) is 0 Å². The second-order valence-electron chi connectivity index (χ2n) is 15.6. The zero-order valence-electron chi connectivity index (χ0n) is 33.4. The molecule has 10 heteroatoms. The first-order valence-electron chi connectivity index (χ1n) is 21.8. The highest BCUT2D eigenvalue weighted by Crippen LogP contribution is 2.23. The topological polar surface area (TPSA) is 169 Å². The van der Waals surface area contributed by atoms with Crippen LogP contribution >= 0.6 is 0 Å². The van der Waals surface area contributed by atoms with Gasteiger partial charge >= 0.3 is 0 Å². The number of hydrogen-bond donors (Lipinski definition) is 7. The summed E-state index contributed by atoms with van der Waals surface area (Å²) in [4.78, 5) is 12.9. The Morgan fingerprint density at radius 2 is 1.00 bits per heavy atom. The van der Waals surface area contributed by atoms with Crippen molar-refractivity contribution in [2.75, 3.05) is 13.2 Å². The number of aliphatic hydroxyl groups excluding tert-OH is 6. The highest BCUT2D eigenvalue weighted by molar-refractivity contribution is 5.76. The minimum absolute atomic E-state index is 0.256. The Morgan fingerprint density at radius 1 is 0.596 bits per heavy atom. The fraction of sp³-hybridized carbons (Fsp3) is 0.976. The predicted octanol–water partition coefficient (Wildman–Crippen LogP) is 7.36. The van der Waals surface area contributed by atoms with Crippen molar-refractivity contribution in [1.82, 2.24) is 5.32 Å². The molecule has 10 nitrogen and oxygen atoms in total. The van der Waals surface area contributed by atoms with E-state index in [1.54, 1.807) is 0 Å². The molecule has 0 radical (unpaired) electrons. The average molecular weight is 746 g/mol. The first-order valence-corrected chi connectivity index (χ1v) is 21.8. The first kappa shape index (κ1) is 49.2. The lowest BCUT2D eigenvalue weighted by atomic mass is 9.98. The number of nitrogens with one attached hydrogen (secondary N) is 1. The normalized spacial score (nSPS) is 22.3. The molecule has 310 valence electrons. The summed E-state index contributed by atoms with van der Waals surface area (Å²) in [6.07, 6.45) is 23.9. The third-order valence-corrected chi connectivity index (χ3v) is 10.8. The second-order valence-corrected chi connectivity index (χ2v) is 15.6. The van der Waals surface area contributed by atoms with Crippen molar-refractivity contribution in [3.05, 3.63) is 0 Å². The Kier molecular flexibility index (Phi) is 31.7. The molecule has 2 unspecified atom stereocenters. The predicted molar refractivity (Wildman–Crippen MR) is 209 cm³/mol. The Bertz CT molecular complexity index is 803. The van der Waals surface area contributed by atoms with E-state index in [-0.39, 0.29) is 18.9 Å². The third kappa shape index (κ3) is 23.8. The number of aliphatic hydroxyl groups is 6. The summed E-state index contributed by atoms with van der Waals surface area (Å²) in [6, 6.07) is -0.983. The molecule has 1 rings (SSSR count). The Labute approximate surface area is 317 Å². The van der Waals surface area contributed by atoms with Crippen LogP contribution in [-0.2, 0) is 14.3 Å². The van der Waals surface area contributed by atoms with Gasteiger partial charge in [0.2, 0.25) is 5.91 Å². The lowest BCUT2D eigenvalue weighted by molar-refractivity contribution is -0.303. The zero-order chi connectivity index (χ0) is 38.2. The lowest BCUT2D eigenvalue weighted by Gasteiger charge is -2.40. The van der Waals surface area contributed by atoms with Gasteiger partial charge in [0.05, 0.1) is 25.4 Å². The molecule has 0 aliphatic carbocycles. The van der Waals surface area contributed by atoms with Crippen LogP contribution < -0.4 is 5.32 Å². The van der Waals surface area contributed by atoms with Gasteiger partial charge in [-0.05, 0) is 12.8 Å². The van der Waals surface area contributed by atoms with Gasteiger partial charge in [0.25, 0.3) is 0 Å². The molecule has 0 bridgehead atoms. The van der Waals surface area contributed by atoms with Crippen LogP contribution in [0.5, 0.6) is 0 Å². The number of hydrogen-bond acceptors (Lipinski definition) is 9. The Balaban J connectivity index is 2.43. The molecule has 0 spiro atoms. The molecule has 0 aromatic heterocycles. The quantitative estimate of drug-likeness (QED) is 0.0324. The van der Waals surface area contributed by atoms with E-state index in [0.29, 0.717) is 6.42 Å². The fourth-order valence-electron chi connectivity index (χ4n) is 7.20. The molecule has 0 aromatic rings. The molecule has 1 fully saturated rings. The van der Waals surface area contributed by atoms with E-state index in [0.717, 1.165) is 44.9 Å². The number of carbonyl (C=O) groups is 1. The van der Waals surface area contributed by atoms with Crippen molar-refractivity contribution in [2.45, 2.75) is 249 Å². The summed E-state index contributed by atoms with van der Waals surface area (Å²) in [5.41, 5.74) is 0. The van der Waals surface area contributed by atoms with Gasteiger partial charge in [0, 0.05) is 6.42 Å². The maximum atomic E-state index is 12.9. The maximum absolute atomic E-state index is 12.9. The molecule has 1 heterocycles. The van der Waals surface area contributed by atoms with Crippen LogP contribution in [0.15, 0.2) is 0 Å². The summed E-state index contributed by atoms with van der Waals surface area (Å²) >= 11 is 0. The standard InChI is InChI=1S/C42H83NO9/c1-3-5-7-9-11-13-15-17-19-21-23-25-27-29-31-37(46)43-34(33-51-42-41(50)40(49)39(48)36(32-44)52-42)38(47)35(45)30-28-26-24-22-20-18-16-14-12-10-8-6-4-2/h34-36,38-42,44-45,47-50H,3-33H2,1-2H3,(H,43,46)/t34-,35+,36+,38-,39+,40?,41?,42+/m0/s1. The van der Waals surface area contributed by atoms with Crippen molar-refractivity contribution in [3.8, 4) is 0 Å². The van der Waals surface area contributed by atoms with Gasteiger partial charge in [0.1, 0.15) is 30.5 Å². The molecule has 0 saturated carbocycles. The molecular formula is C42H83NO9. The molecule has 52 heavy (non-hydrogen) atoms. The van der Waals surface area contributed by atoms with Gasteiger partial charge in [0.15, 0.2) is 6.29 Å². The first-order chi connectivity index (χ1) is 25.3. The van der Waals surface area contributed by atoms with Crippen LogP contribution in [0, 0.1) is 0 Å². The Morgan fingerprint density at radius 3 is 1.42 bits per heavy atom. The molecule has 1 aliphatic rings. The van der Waals surface area contributed by atoms with Gasteiger partial charge in [-0.2, -0.15) is 0 Å². The summed E-state index contributed by atoms with van der Waals surface area (Å²) in [7, 11) is 0. The monoisotopic (exact) mass is 746 g/mol. The molecule has 7 N–H and O–H groups in total. The smallest absolute Gasteiger partial charge is 0.220 e. The molecule has 1 amide bonds. The molecule has 8 atom stereocenters. The summed E-state index contributed by atoms with van der Waals surface area (Å²) < 4.78 is 11.1. The molecule has 0 aromatic carbocycles. The van der Waals surface area contributed by atoms with Crippen LogP contribution in [0.25, 0.3) is 0 Å². The molecule has 1 aliphatic heterocycles. The van der Waals surface area contributed by atoms with E-state index in [9.17, 15) is 35.4 Å². The number of carbonyl (C=O) groups excluding carboxylic acids is 1. The maximum Gasteiger partial charge on any atom is 0.220 e. The van der Waals surface area contributed by atoms with Crippen LogP contribution in [0.4, 0.5) is 0 Å². The average Bonchev–Trinajstić information content (AvgIpc) is 3.14. The number of amides is 1. The number of rotatable bonds is 36. The van der Waals surface area contributed by atoms with Crippen LogP contribution in [-0.4, -0.2) is 98.7 Å². The fourth-order valence-corrected chi connectivity index (χ4v) is 7.20. The van der Waals surface area contributed by atoms with Crippen molar-refractivity contribution >= 4 is 5.91 Å². The van der Waals surface area contributed by atoms with E-state index < -0.39 is 55.6 Å². The van der Waals surface area contributed by atoms with E-state index >= 15 is 0 Å². The SMILES string of the molecule is CCCCCCCCCCCCCCCCC(=O)N[C@@H](CO[C@@H]1O[C@H](CO)[C@@H](O)C(O)C1O)[C@H](O)[C@H](O)CCCCCCCCCCCCCCC. The third-order valence-electron chi connectivity index (χ3n) is 10.8. The van der Waals surface area contributed by atoms with E-state index in [4.69, 9.17) is 9.47 Å². The van der Waals surface area contributed by atoms with Gasteiger partial charge in [-0.15, -0.1) is 0 Å². The van der Waals surface area contributed by atoms with E-state index in [1.165, 1.54) is 128 Å². The largest absolute Gasteiger partial charge is 0.394 e. The van der Waals surface area contributed by atoms with Crippen molar-refractivity contribution in [2.24, 2.45) is 0 Å². The highest BCUT2D eigenvalue weighted by atomic mass is 16.7. The van der Waals surface area contributed by atoms with Crippen molar-refractivity contribution < 1.29 is 44.9 Å². The summed E-state index contributed by atoms with van der Waals surface area (Å²) in [6.45, 7) is 3.60. The minimum atomic E-state index is -1.60. The highest BCUT2D eigenvalue weighted by Gasteiger charge is 2.44. The number of ether oxygens (including phenoxy) is 2. The lowest BCUT2D eigenvalue weighted by Crippen LogP contribution is -2.60. The zero-order valence-corrected chi connectivity index (χ0v) is 33.4. The second kappa shape index (κ2) is 33.5. The van der Waals surface area contributed by atoms with Gasteiger partial charge in [-0.3, -0.25) is 4.79 Å². The molecular weight excluding hydrogens is 662 g/mol. The summed E-state index contributed by atoms with van der Waals surface area (Å²) in [5.74, 6) is -0.256. The van der Waals surface area contributed by atoms with Gasteiger partial charge in [-0.25, -0.2) is 0 Å². The van der Waals surface area contributed by atoms with Crippen LogP contribution in [0.1, 0.15) is 200 Å². The van der Waals surface area contributed by atoms with Crippen LogP contribution in [0.2, 0.25) is 0 Å². The van der Waals surface area contributed by atoms with Crippen molar-refractivity contribution in [3.63, 3.8) is 0 Å². The summed E-state index contributed by atoms with van der Waals surface area (Å²) in [5, 5.41) is 65.0. The van der Waals surface area contributed by atoms with E-state index in [1.807, 2.05) is 0 Å². The Hall–Kier alpha value is -0.850.